The van der Waals surface area contributed by atoms with Gasteiger partial charge in [0.05, 0.1) is 28.6 Å². The molecule has 0 radical (unpaired) electrons. The van der Waals surface area contributed by atoms with Crippen molar-refractivity contribution in [3.63, 3.8) is 0 Å². The molecule has 0 unspecified atom stereocenters. The van der Waals surface area contributed by atoms with Gasteiger partial charge in [0.1, 0.15) is 11.5 Å². The first kappa shape index (κ1) is 21.0. The molecule has 0 saturated carbocycles. The number of amides is 2. The van der Waals surface area contributed by atoms with Crippen LogP contribution in [0.1, 0.15) is 19.4 Å². The lowest BCUT2D eigenvalue weighted by molar-refractivity contribution is -0.117. The Balaban J connectivity index is 1.85. The average molecular weight is 485 g/mol. The van der Waals surface area contributed by atoms with Crippen molar-refractivity contribution in [1.29, 1.82) is 0 Å². The minimum atomic E-state index is -0.521. The molecule has 0 aromatic heterocycles. The number of carbonyl (C=O) groups is 2. The van der Waals surface area contributed by atoms with E-state index in [4.69, 9.17) is 21.1 Å². The summed E-state index contributed by atoms with van der Waals surface area (Å²) in [5, 5.41) is -0.264. The Morgan fingerprint density at radius 3 is 2.36 bits per heavy atom. The molecule has 8 heteroatoms. The van der Waals surface area contributed by atoms with E-state index < -0.39 is 5.25 Å². The number of nitrogens with zero attached hydrogens (tertiary/aromatic N) is 1. The Morgan fingerprint density at radius 2 is 1.71 bits per heavy atom. The molecule has 0 aliphatic carbocycles. The molecule has 1 heterocycles. The van der Waals surface area contributed by atoms with Crippen molar-refractivity contribution in [3.05, 3.63) is 51.5 Å². The SMILES string of the molecule is CCOc1cc(OCC)c(C[C@H]2SC(=O)N(c3ccc(Cl)cc3)C2=O)cc1Br. The fraction of sp³-hybridized carbons (Fsp3) is 0.300. The van der Waals surface area contributed by atoms with E-state index in [-0.39, 0.29) is 11.1 Å². The smallest absolute Gasteiger partial charge is 0.293 e. The number of imide groups is 1. The quantitative estimate of drug-likeness (QED) is 0.504. The molecule has 1 atom stereocenters. The third kappa shape index (κ3) is 4.47. The second-order valence-electron chi connectivity index (χ2n) is 5.98. The number of carbonyl (C=O) groups excluding carboxylic acids is 2. The summed E-state index contributed by atoms with van der Waals surface area (Å²) >= 11 is 10.4. The number of hydrogen-bond acceptors (Lipinski definition) is 5. The molecule has 148 valence electrons. The second-order valence-corrected chi connectivity index (χ2v) is 8.43. The van der Waals surface area contributed by atoms with E-state index in [1.54, 1.807) is 24.3 Å². The van der Waals surface area contributed by atoms with Gasteiger partial charge in [-0.3, -0.25) is 9.59 Å². The molecule has 2 amide bonds. The predicted molar refractivity (Wildman–Crippen MR) is 116 cm³/mol. The molecule has 5 nitrogen and oxygen atoms in total. The Hall–Kier alpha value is -1.70. The fourth-order valence-corrected chi connectivity index (χ4v) is 4.55. The first-order chi connectivity index (χ1) is 13.4. The van der Waals surface area contributed by atoms with E-state index in [9.17, 15) is 9.59 Å². The van der Waals surface area contributed by atoms with Crippen LogP contribution in [0.25, 0.3) is 0 Å². The standard InChI is InChI=1S/C20H19BrClNO4S/c1-3-26-16-11-17(27-4-2)15(21)9-12(16)10-18-19(24)23(20(25)28-18)14-7-5-13(22)6-8-14/h5-9,11,18H,3-4,10H2,1-2H3/t18-/m1/s1. The van der Waals surface area contributed by atoms with Crippen LogP contribution < -0.4 is 14.4 Å². The zero-order valence-electron chi connectivity index (χ0n) is 15.4. The molecule has 0 N–H and O–H groups in total. The van der Waals surface area contributed by atoms with Crippen molar-refractivity contribution in [2.24, 2.45) is 0 Å². The van der Waals surface area contributed by atoms with Gasteiger partial charge in [-0.2, -0.15) is 0 Å². The number of halogens is 2. The number of benzene rings is 2. The van der Waals surface area contributed by atoms with Gasteiger partial charge in [-0.05, 0) is 72.1 Å². The van der Waals surface area contributed by atoms with Crippen LogP contribution in [0.15, 0.2) is 40.9 Å². The Kier molecular flexibility index (Phi) is 6.91. The number of rotatable bonds is 7. The lowest BCUT2D eigenvalue weighted by Gasteiger charge is -2.17. The molecule has 2 aromatic carbocycles. The number of ether oxygens (including phenoxy) is 2. The van der Waals surface area contributed by atoms with Gasteiger partial charge >= 0.3 is 0 Å². The Bertz CT molecular complexity index is 891. The number of anilines is 1. The second kappa shape index (κ2) is 9.20. The van der Waals surface area contributed by atoms with Crippen LogP contribution in [0.4, 0.5) is 10.5 Å². The summed E-state index contributed by atoms with van der Waals surface area (Å²) in [6.45, 7) is 4.83. The van der Waals surface area contributed by atoms with E-state index in [1.807, 2.05) is 26.0 Å². The minimum absolute atomic E-state index is 0.246. The molecule has 0 spiro atoms. The molecule has 1 saturated heterocycles. The van der Waals surface area contributed by atoms with Crippen LogP contribution in [0.3, 0.4) is 0 Å². The van der Waals surface area contributed by atoms with Crippen molar-refractivity contribution in [2.45, 2.75) is 25.5 Å². The predicted octanol–water partition coefficient (Wildman–Crippen LogP) is 5.71. The largest absolute Gasteiger partial charge is 0.493 e. The van der Waals surface area contributed by atoms with Gasteiger partial charge in [0.2, 0.25) is 5.91 Å². The van der Waals surface area contributed by atoms with Crippen LogP contribution in [0.2, 0.25) is 5.02 Å². The molecule has 3 rings (SSSR count). The maximum atomic E-state index is 12.9. The lowest BCUT2D eigenvalue weighted by atomic mass is 10.1. The molecule has 2 aromatic rings. The van der Waals surface area contributed by atoms with E-state index in [2.05, 4.69) is 15.9 Å². The van der Waals surface area contributed by atoms with Crippen LogP contribution in [-0.4, -0.2) is 29.6 Å². The molecule has 28 heavy (non-hydrogen) atoms. The van der Waals surface area contributed by atoms with Crippen LogP contribution in [0.5, 0.6) is 11.5 Å². The average Bonchev–Trinajstić information content (AvgIpc) is 2.93. The molecule has 1 aliphatic rings. The summed E-state index contributed by atoms with van der Waals surface area (Å²) in [6, 6.07) is 10.4. The molecule has 1 aliphatic heterocycles. The first-order valence-electron chi connectivity index (χ1n) is 8.82. The summed E-state index contributed by atoms with van der Waals surface area (Å²) in [4.78, 5) is 26.6. The van der Waals surface area contributed by atoms with Crippen molar-refractivity contribution in [2.75, 3.05) is 18.1 Å². The lowest BCUT2D eigenvalue weighted by Crippen LogP contribution is -2.32. The molecular formula is C20H19BrClNO4S. The molecule has 1 fully saturated rings. The highest BCUT2D eigenvalue weighted by Crippen LogP contribution is 2.38. The van der Waals surface area contributed by atoms with Gasteiger partial charge in [-0.25, -0.2) is 4.90 Å². The van der Waals surface area contributed by atoms with E-state index in [0.29, 0.717) is 41.8 Å². The maximum absolute atomic E-state index is 12.9. The van der Waals surface area contributed by atoms with Crippen LogP contribution >= 0.6 is 39.3 Å². The van der Waals surface area contributed by atoms with Crippen LogP contribution in [-0.2, 0) is 11.2 Å². The normalized spacial score (nSPS) is 16.6. The summed E-state index contributed by atoms with van der Waals surface area (Å²) in [5.74, 6) is 1.09. The third-order valence-electron chi connectivity index (χ3n) is 4.13. The van der Waals surface area contributed by atoms with Crippen molar-refractivity contribution >= 4 is 56.1 Å². The van der Waals surface area contributed by atoms with Crippen LogP contribution in [0, 0.1) is 0 Å². The summed E-state index contributed by atoms with van der Waals surface area (Å²) in [5.41, 5.74) is 1.36. The summed E-state index contributed by atoms with van der Waals surface area (Å²) in [7, 11) is 0. The van der Waals surface area contributed by atoms with Gasteiger partial charge in [0.25, 0.3) is 5.24 Å². The highest BCUT2D eigenvalue weighted by molar-refractivity contribution is 9.10. The minimum Gasteiger partial charge on any atom is -0.493 e. The summed E-state index contributed by atoms with van der Waals surface area (Å²) < 4.78 is 12.1. The number of hydrogen-bond donors (Lipinski definition) is 0. The molecule has 0 bridgehead atoms. The Morgan fingerprint density at radius 1 is 1.07 bits per heavy atom. The monoisotopic (exact) mass is 483 g/mol. The first-order valence-corrected chi connectivity index (χ1v) is 10.9. The highest BCUT2D eigenvalue weighted by atomic mass is 79.9. The van der Waals surface area contributed by atoms with Gasteiger partial charge in [-0.1, -0.05) is 23.4 Å². The van der Waals surface area contributed by atoms with E-state index in [1.165, 1.54) is 4.90 Å². The molecular weight excluding hydrogens is 466 g/mol. The van der Waals surface area contributed by atoms with Crippen molar-refractivity contribution < 1.29 is 19.1 Å². The van der Waals surface area contributed by atoms with Crippen molar-refractivity contribution in [3.8, 4) is 11.5 Å². The van der Waals surface area contributed by atoms with Gasteiger partial charge < -0.3 is 9.47 Å². The zero-order valence-corrected chi connectivity index (χ0v) is 18.6. The fourth-order valence-electron chi connectivity index (χ4n) is 2.90. The van der Waals surface area contributed by atoms with Gasteiger partial charge in [-0.15, -0.1) is 0 Å². The summed E-state index contributed by atoms with van der Waals surface area (Å²) in [6.07, 6.45) is 0.375. The van der Waals surface area contributed by atoms with Crippen molar-refractivity contribution in [1.82, 2.24) is 0 Å². The number of thioether (sulfide) groups is 1. The van der Waals surface area contributed by atoms with Gasteiger partial charge in [0.15, 0.2) is 0 Å². The third-order valence-corrected chi connectivity index (χ3v) is 6.04. The van der Waals surface area contributed by atoms with Gasteiger partial charge in [0, 0.05) is 11.1 Å². The zero-order chi connectivity index (χ0) is 20.3. The topological polar surface area (TPSA) is 55.8 Å². The van der Waals surface area contributed by atoms with E-state index >= 15 is 0 Å². The Labute approximate surface area is 181 Å². The maximum Gasteiger partial charge on any atom is 0.293 e. The van der Waals surface area contributed by atoms with E-state index in [0.717, 1.165) is 21.8 Å². The highest BCUT2D eigenvalue weighted by Gasteiger charge is 2.41.